The number of benzene rings is 2. The topological polar surface area (TPSA) is 84.1 Å². The van der Waals surface area contributed by atoms with Crippen molar-refractivity contribution in [1.29, 1.82) is 0 Å². The van der Waals surface area contributed by atoms with Gasteiger partial charge in [-0.25, -0.2) is 4.98 Å². The molecule has 0 aliphatic carbocycles. The lowest BCUT2D eigenvalue weighted by Gasteiger charge is -2.13. The zero-order valence-corrected chi connectivity index (χ0v) is 21.4. The number of hydrogen-bond acceptors (Lipinski definition) is 8. The van der Waals surface area contributed by atoms with Crippen LogP contribution in [-0.2, 0) is 29.4 Å². The Bertz CT molecular complexity index is 950. The van der Waals surface area contributed by atoms with Crippen molar-refractivity contribution >= 4 is 22.8 Å². The lowest BCUT2D eigenvalue weighted by molar-refractivity contribution is -0.00979. The summed E-state index contributed by atoms with van der Waals surface area (Å²) in [5, 5.41) is 0.922. The van der Waals surface area contributed by atoms with Gasteiger partial charge in [-0.15, -0.1) is 0 Å². The van der Waals surface area contributed by atoms with Crippen molar-refractivity contribution in [2.24, 2.45) is 0 Å². The molecule has 0 saturated heterocycles. The fourth-order valence-corrected chi connectivity index (χ4v) is 4.18. The fourth-order valence-electron chi connectivity index (χ4n) is 3.23. The predicted octanol–water partition coefficient (Wildman–Crippen LogP) is 4.26. The number of thioether (sulfide) groups is 1. The molecule has 192 valence electrons. The molecule has 1 heterocycles. The predicted molar refractivity (Wildman–Crippen MR) is 137 cm³/mol. The maximum Gasteiger partial charge on any atom is 0.166 e. The average Bonchev–Trinajstić information content (AvgIpc) is 3.29. The molecule has 0 spiro atoms. The zero-order chi connectivity index (χ0) is 24.6. The molecule has 8 nitrogen and oxygen atoms in total. The number of imidazole rings is 1. The highest BCUT2D eigenvalue weighted by molar-refractivity contribution is 7.98. The van der Waals surface area contributed by atoms with Gasteiger partial charge in [0.25, 0.3) is 0 Å². The smallest absolute Gasteiger partial charge is 0.166 e. The minimum Gasteiger partial charge on any atom is -0.491 e. The second-order valence-corrected chi connectivity index (χ2v) is 8.64. The molecular weight excluding hydrogens is 468 g/mol. The molecule has 35 heavy (non-hydrogen) atoms. The van der Waals surface area contributed by atoms with Crippen molar-refractivity contribution in [3.63, 3.8) is 0 Å². The molecule has 3 rings (SSSR count). The van der Waals surface area contributed by atoms with E-state index in [-0.39, 0.29) is 0 Å². The molecule has 0 fully saturated rings. The number of fused-ring (bicyclic) bond motifs is 1. The summed E-state index contributed by atoms with van der Waals surface area (Å²) >= 11 is 1.69. The number of aromatic amines is 1. The van der Waals surface area contributed by atoms with Crippen LogP contribution >= 0.6 is 11.8 Å². The number of rotatable bonds is 19. The van der Waals surface area contributed by atoms with Crippen LogP contribution in [0.2, 0.25) is 0 Å². The third-order valence-electron chi connectivity index (χ3n) is 5.16. The molecule has 0 amide bonds. The number of ether oxygens (including phenoxy) is 6. The van der Waals surface area contributed by atoms with Crippen LogP contribution in [0.4, 0.5) is 0 Å². The number of hydrogen-bond donors (Lipinski definition) is 1. The first-order valence-corrected chi connectivity index (χ1v) is 12.8. The molecule has 9 heteroatoms. The van der Waals surface area contributed by atoms with E-state index in [1.165, 1.54) is 5.56 Å². The molecule has 2 aromatic carbocycles. The minimum absolute atomic E-state index is 0.493. The molecule has 0 aliphatic rings. The van der Waals surface area contributed by atoms with Gasteiger partial charge in [0.05, 0.1) is 70.5 Å². The Morgan fingerprint density at radius 2 is 1.37 bits per heavy atom. The van der Waals surface area contributed by atoms with Crippen molar-refractivity contribution in [3.8, 4) is 5.75 Å². The first-order chi connectivity index (χ1) is 17.3. The van der Waals surface area contributed by atoms with E-state index in [0.717, 1.165) is 33.3 Å². The van der Waals surface area contributed by atoms with E-state index in [4.69, 9.17) is 28.4 Å². The van der Waals surface area contributed by atoms with Crippen molar-refractivity contribution in [3.05, 3.63) is 53.6 Å². The van der Waals surface area contributed by atoms with Crippen LogP contribution in [0.5, 0.6) is 5.75 Å². The Kier molecular flexibility index (Phi) is 13.0. The lowest BCUT2D eigenvalue weighted by Crippen LogP contribution is -2.14. The van der Waals surface area contributed by atoms with Gasteiger partial charge in [-0.2, -0.15) is 0 Å². The first-order valence-electron chi connectivity index (χ1n) is 11.9. The van der Waals surface area contributed by atoms with Gasteiger partial charge in [-0.05, 0) is 36.2 Å². The summed E-state index contributed by atoms with van der Waals surface area (Å²) in [7, 11) is 1.65. The second kappa shape index (κ2) is 16.5. The van der Waals surface area contributed by atoms with Gasteiger partial charge in [0.1, 0.15) is 12.4 Å². The molecule has 0 atom stereocenters. The molecule has 3 aromatic rings. The van der Waals surface area contributed by atoms with E-state index < -0.39 is 0 Å². The van der Waals surface area contributed by atoms with E-state index in [9.17, 15) is 0 Å². The molecular formula is C26H36N2O6S. The Labute approximate surface area is 211 Å². The lowest BCUT2D eigenvalue weighted by atomic mass is 10.1. The summed E-state index contributed by atoms with van der Waals surface area (Å²) < 4.78 is 32.7. The summed E-state index contributed by atoms with van der Waals surface area (Å²) in [4.78, 5) is 8.00. The minimum atomic E-state index is 0.493. The average molecular weight is 505 g/mol. The van der Waals surface area contributed by atoms with Crippen LogP contribution in [-0.4, -0.2) is 83.1 Å². The van der Waals surface area contributed by atoms with Crippen LogP contribution in [0.3, 0.4) is 0 Å². The number of aromatic nitrogens is 2. The fraction of sp³-hybridized carbons (Fsp3) is 0.500. The van der Waals surface area contributed by atoms with Crippen LogP contribution in [0.25, 0.3) is 11.0 Å². The van der Waals surface area contributed by atoms with Crippen LogP contribution < -0.4 is 4.74 Å². The van der Waals surface area contributed by atoms with Crippen molar-refractivity contribution in [2.75, 3.05) is 73.2 Å². The Hall–Kier alpha value is -2.14. The summed E-state index contributed by atoms with van der Waals surface area (Å²) in [6.45, 7) is 7.54. The summed E-state index contributed by atoms with van der Waals surface area (Å²) in [6, 6.07) is 14.2. The molecule has 1 aromatic heterocycles. The SMILES string of the molecule is COCCOCCOCCOCCOCCOc1cccc(CSc2nc3ccccc3[nH]2)c1C. The number of para-hydroxylation sites is 2. The number of nitrogens with zero attached hydrogens (tertiary/aromatic N) is 1. The number of H-pyrrole nitrogens is 1. The maximum atomic E-state index is 5.95. The van der Waals surface area contributed by atoms with Gasteiger partial charge in [-0.3, -0.25) is 0 Å². The van der Waals surface area contributed by atoms with E-state index in [1.807, 2.05) is 36.4 Å². The van der Waals surface area contributed by atoms with Crippen molar-refractivity contribution in [2.45, 2.75) is 17.8 Å². The molecule has 0 aliphatic heterocycles. The zero-order valence-electron chi connectivity index (χ0n) is 20.6. The van der Waals surface area contributed by atoms with Gasteiger partial charge in [0, 0.05) is 12.9 Å². The number of methoxy groups -OCH3 is 1. The summed E-state index contributed by atoms with van der Waals surface area (Å²) in [5.41, 5.74) is 4.42. The highest BCUT2D eigenvalue weighted by Crippen LogP contribution is 2.28. The third-order valence-corrected chi connectivity index (χ3v) is 6.08. The molecule has 0 saturated carbocycles. The normalized spacial score (nSPS) is 11.4. The van der Waals surface area contributed by atoms with E-state index in [1.54, 1.807) is 18.9 Å². The first kappa shape index (κ1) is 27.4. The van der Waals surface area contributed by atoms with Gasteiger partial charge in [0.2, 0.25) is 0 Å². The van der Waals surface area contributed by atoms with Gasteiger partial charge >= 0.3 is 0 Å². The van der Waals surface area contributed by atoms with Crippen LogP contribution in [0.15, 0.2) is 47.6 Å². The highest BCUT2D eigenvalue weighted by Gasteiger charge is 2.08. The maximum absolute atomic E-state index is 5.95. The standard InChI is InChI=1S/C26H36N2O6S/c1-21-22(20-35-26-27-23-7-3-4-8-24(23)28-26)6-5-9-25(21)34-19-18-33-17-16-32-15-14-31-13-12-30-11-10-29-2/h3-9H,10-20H2,1-2H3,(H,27,28). The Morgan fingerprint density at radius 1 is 0.743 bits per heavy atom. The van der Waals surface area contributed by atoms with E-state index >= 15 is 0 Å². The Balaban J connectivity index is 1.23. The van der Waals surface area contributed by atoms with Gasteiger partial charge in [0.15, 0.2) is 5.16 Å². The van der Waals surface area contributed by atoms with Crippen molar-refractivity contribution in [1.82, 2.24) is 9.97 Å². The van der Waals surface area contributed by atoms with E-state index in [2.05, 4.69) is 23.0 Å². The van der Waals surface area contributed by atoms with Gasteiger partial charge in [-0.1, -0.05) is 36.0 Å². The number of nitrogens with one attached hydrogen (secondary N) is 1. The molecule has 1 N–H and O–H groups in total. The monoisotopic (exact) mass is 504 g/mol. The van der Waals surface area contributed by atoms with Gasteiger partial charge < -0.3 is 33.4 Å². The molecule has 0 radical (unpaired) electrons. The Morgan fingerprint density at radius 3 is 2.03 bits per heavy atom. The third kappa shape index (κ3) is 10.2. The van der Waals surface area contributed by atoms with Crippen LogP contribution in [0, 0.1) is 6.92 Å². The van der Waals surface area contributed by atoms with Crippen molar-refractivity contribution < 1.29 is 28.4 Å². The molecule has 0 unspecified atom stereocenters. The largest absolute Gasteiger partial charge is 0.491 e. The quantitative estimate of drug-likeness (QED) is 0.192. The second-order valence-electron chi connectivity index (χ2n) is 7.68. The van der Waals surface area contributed by atoms with Crippen LogP contribution in [0.1, 0.15) is 11.1 Å². The summed E-state index contributed by atoms with van der Waals surface area (Å²) in [5.74, 6) is 1.71. The molecule has 0 bridgehead atoms. The summed E-state index contributed by atoms with van der Waals surface area (Å²) in [6.07, 6.45) is 0. The highest BCUT2D eigenvalue weighted by atomic mass is 32.2. The van der Waals surface area contributed by atoms with E-state index in [0.29, 0.717) is 66.1 Å².